The number of nitrogens with one attached hydrogen (secondary N) is 1. The molecule has 1 aliphatic rings. The number of likely N-dealkylation sites (tertiary alicyclic amines) is 1. The summed E-state index contributed by atoms with van der Waals surface area (Å²) < 4.78 is 1.19. The topological polar surface area (TPSA) is 65.5 Å². The summed E-state index contributed by atoms with van der Waals surface area (Å²) in [6.45, 7) is 2.47. The van der Waals surface area contributed by atoms with Crippen LogP contribution in [0.15, 0.2) is 24.3 Å². The van der Waals surface area contributed by atoms with Crippen molar-refractivity contribution in [3.05, 3.63) is 29.3 Å². The van der Waals surface area contributed by atoms with Crippen molar-refractivity contribution >= 4 is 27.5 Å². The number of carbonyl (C=O) groups is 1. The van der Waals surface area contributed by atoms with Crippen LogP contribution in [0.5, 0.6) is 0 Å². The molecule has 118 valence electrons. The minimum absolute atomic E-state index is 0.0233. The predicted octanol–water partition coefficient (Wildman–Crippen LogP) is 1.41. The van der Waals surface area contributed by atoms with Gasteiger partial charge in [0.15, 0.2) is 0 Å². The van der Waals surface area contributed by atoms with Gasteiger partial charge in [-0.25, -0.2) is 4.98 Å². The molecule has 1 atom stereocenters. The second-order valence-corrected chi connectivity index (χ2v) is 6.82. The molecule has 1 aliphatic heterocycles. The zero-order chi connectivity index (χ0) is 15.4. The molecule has 0 aliphatic carbocycles. The fourth-order valence-corrected chi connectivity index (χ4v) is 3.74. The Morgan fingerprint density at radius 2 is 2.32 bits per heavy atom. The van der Waals surface area contributed by atoms with Crippen LogP contribution in [0.25, 0.3) is 10.2 Å². The lowest BCUT2D eigenvalue weighted by molar-refractivity contribution is -0.122. The molecule has 3 rings (SSSR count). The van der Waals surface area contributed by atoms with E-state index in [0.29, 0.717) is 19.6 Å². The third-order valence-corrected chi connectivity index (χ3v) is 4.94. The fraction of sp³-hybridized carbons (Fsp3) is 0.500. The maximum absolute atomic E-state index is 11.9. The lowest BCUT2D eigenvalue weighted by atomic mass is 10.1. The third-order valence-electron chi connectivity index (χ3n) is 3.85. The van der Waals surface area contributed by atoms with Crippen LogP contribution in [0.3, 0.4) is 0 Å². The molecule has 1 aromatic carbocycles. The summed E-state index contributed by atoms with van der Waals surface area (Å²) >= 11 is 1.68. The number of aliphatic hydroxyl groups is 1. The number of aliphatic hydroxyl groups excluding tert-OH is 1. The van der Waals surface area contributed by atoms with Gasteiger partial charge < -0.3 is 10.4 Å². The molecule has 2 N–H and O–H groups in total. The van der Waals surface area contributed by atoms with Crippen LogP contribution in [0.1, 0.15) is 17.8 Å². The van der Waals surface area contributed by atoms with Crippen LogP contribution in [0.4, 0.5) is 0 Å². The largest absolute Gasteiger partial charge is 0.392 e. The Morgan fingerprint density at radius 3 is 3.14 bits per heavy atom. The minimum Gasteiger partial charge on any atom is -0.392 e. The highest BCUT2D eigenvalue weighted by molar-refractivity contribution is 7.18. The number of fused-ring (bicyclic) bond motifs is 1. The zero-order valence-electron chi connectivity index (χ0n) is 12.5. The van der Waals surface area contributed by atoms with Crippen molar-refractivity contribution in [2.75, 3.05) is 26.2 Å². The number of thiazole rings is 1. The molecule has 5 nitrogen and oxygen atoms in total. The van der Waals surface area contributed by atoms with Gasteiger partial charge in [-0.2, -0.15) is 0 Å². The normalized spacial score (nSPS) is 19.4. The Morgan fingerprint density at radius 1 is 1.45 bits per heavy atom. The highest BCUT2D eigenvalue weighted by Crippen LogP contribution is 2.21. The molecule has 2 aromatic rings. The molecule has 0 spiro atoms. The zero-order valence-corrected chi connectivity index (χ0v) is 13.3. The standard InChI is InChI=1S/C16H21N3O2S/c20-12-4-3-9-19(10-12)11-15(21)17-8-7-16-18-13-5-1-2-6-14(13)22-16/h1-2,5-6,12,20H,3-4,7-11H2,(H,17,21). The van der Waals surface area contributed by atoms with Crippen molar-refractivity contribution in [1.82, 2.24) is 15.2 Å². The maximum atomic E-state index is 11.9. The Labute approximate surface area is 134 Å². The van der Waals surface area contributed by atoms with Gasteiger partial charge in [-0.05, 0) is 31.5 Å². The summed E-state index contributed by atoms with van der Waals surface area (Å²) in [4.78, 5) is 18.5. The number of carbonyl (C=O) groups excluding carboxylic acids is 1. The molecule has 0 radical (unpaired) electrons. The van der Waals surface area contributed by atoms with Crippen LogP contribution < -0.4 is 5.32 Å². The number of para-hydroxylation sites is 1. The van der Waals surface area contributed by atoms with E-state index in [1.165, 1.54) is 4.70 Å². The summed E-state index contributed by atoms with van der Waals surface area (Å²) in [7, 11) is 0. The molecule has 1 fully saturated rings. The van der Waals surface area contributed by atoms with Gasteiger partial charge in [-0.15, -0.1) is 11.3 Å². The van der Waals surface area contributed by atoms with Gasteiger partial charge >= 0.3 is 0 Å². The lowest BCUT2D eigenvalue weighted by Gasteiger charge is -2.29. The first-order chi connectivity index (χ1) is 10.7. The molecular weight excluding hydrogens is 298 g/mol. The van der Waals surface area contributed by atoms with Crippen LogP contribution in [0.2, 0.25) is 0 Å². The van der Waals surface area contributed by atoms with Gasteiger partial charge in [0, 0.05) is 19.5 Å². The van der Waals surface area contributed by atoms with E-state index in [9.17, 15) is 9.90 Å². The van der Waals surface area contributed by atoms with Crippen LogP contribution in [-0.2, 0) is 11.2 Å². The number of β-amino-alcohol motifs (C(OH)–C–C–N with tert-alkyl or cyclic N) is 1. The van der Waals surface area contributed by atoms with E-state index in [1.807, 2.05) is 23.1 Å². The van der Waals surface area contributed by atoms with E-state index in [-0.39, 0.29) is 12.0 Å². The molecular formula is C16H21N3O2S. The van der Waals surface area contributed by atoms with Crippen LogP contribution >= 0.6 is 11.3 Å². The summed E-state index contributed by atoms with van der Waals surface area (Å²) in [6.07, 6.45) is 2.27. The molecule has 22 heavy (non-hydrogen) atoms. The van der Waals surface area contributed by atoms with E-state index in [4.69, 9.17) is 0 Å². The second kappa shape index (κ2) is 7.17. The highest BCUT2D eigenvalue weighted by Gasteiger charge is 2.19. The number of benzene rings is 1. The number of hydrogen-bond donors (Lipinski definition) is 2. The van der Waals surface area contributed by atoms with Gasteiger partial charge in [-0.1, -0.05) is 12.1 Å². The molecule has 1 aromatic heterocycles. The molecule has 2 heterocycles. The second-order valence-electron chi connectivity index (χ2n) is 5.71. The Bertz CT molecular complexity index is 610. The van der Waals surface area contributed by atoms with E-state index >= 15 is 0 Å². The fourth-order valence-electron chi connectivity index (χ4n) is 2.77. The van der Waals surface area contributed by atoms with Gasteiger partial charge in [-0.3, -0.25) is 9.69 Å². The van der Waals surface area contributed by atoms with Crippen LogP contribution in [0, 0.1) is 0 Å². The first kappa shape index (κ1) is 15.4. The van der Waals surface area contributed by atoms with Gasteiger partial charge in [0.1, 0.15) is 0 Å². The number of aromatic nitrogens is 1. The summed E-state index contributed by atoms with van der Waals surface area (Å²) in [6, 6.07) is 8.08. The number of amides is 1. The summed E-state index contributed by atoms with van der Waals surface area (Å²) in [5, 5.41) is 13.6. The third kappa shape index (κ3) is 4.03. The lowest BCUT2D eigenvalue weighted by Crippen LogP contribution is -2.44. The van der Waals surface area contributed by atoms with E-state index in [2.05, 4.69) is 16.4 Å². The van der Waals surface area contributed by atoms with Crippen molar-refractivity contribution < 1.29 is 9.90 Å². The smallest absolute Gasteiger partial charge is 0.234 e. The first-order valence-electron chi connectivity index (χ1n) is 7.72. The van der Waals surface area contributed by atoms with Crippen LogP contribution in [-0.4, -0.2) is 53.2 Å². The summed E-state index contributed by atoms with van der Waals surface area (Å²) in [5.74, 6) is 0.0233. The van der Waals surface area contributed by atoms with E-state index < -0.39 is 0 Å². The molecule has 1 unspecified atom stereocenters. The average Bonchev–Trinajstić information content (AvgIpc) is 2.90. The SMILES string of the molecule is O=C(CN1CCCC(O)C1)NCCc1nc2ccccc2s1. The molecule has 0 saturated carbocycles. The Hall–Kier alpha value is -1.50. The number of hydrogen-bond acceptors (Lipinski definition) is 5. The van der Waals surface area contributed by atoms with Crippen molar-refractivity contribution in [3.63, 3.8) is 0 Å². The van der Waals surface area contributed by atoms with Crippen molar-refractivity contribution in [2.24, 2.45) is 0 Å². The molecule has 1 amide bonds. The van der Waals surface area contributed by atoms with Crippen molar-refractivity contribution in [1.29, 1.82) is 0 Å². The van der Waals surface area contributed by atoms with Gasteiger partial charge in [0.25, 0.3) is 0 Å². The summed E-state index contributed by atoms with van der Waals surface area (Å²) in [5.41, 5.74) is 1.02. The first-order valence-corrected chi connectivity index (χ1v) is 8.54. The number of piperidine rings is 1. The van der Waals surface area contributed by atoms with Crippen molar-refractivity contribution in [2.45, 2.75) is 25.4 Å². The monoisotopic (exact) mass is 319 g/mol. The number of rotatable bonds is 5. The molecule has 0 bridgehead atoms. The van der Waals surface area contributed by atoms with Crippen molar-refractivity contribution in [3.8, 4) is 0 Å². The van der Waals surface area contributed by atoms with Gasteiger partial charge in [0.05, 0.1) is 27.9 Å². The number of nitrogens with zero attached hydrogens (tertiary/aromatic N) is 2. The average molecular weight is 319 g/mol. The van der Waals surface area contributed by atoms with E-state index in [1.54, 1.807) is 11.3 Å². The molecule has 6 heteroatoms. The minimum atomic E-state index is -0.288. The highest BCUT2D eigenvalue weighted by atomic mass is 32.1. The predicted molar refractivity (Wildman–Crippen MR) is 88.0 cm³/mol. The van der Waals surface area contributed by atoms with Gasteiger partial charge in [0.2, 0.25) is 5.91 Å². The Balaban J connectivity index is 1.43. The molecule has 1 saturated heterocycles. The quantitative estimate of drug-likeness (QED) is 0.874. The Kier molecular flexibility index (Phi) is 5.02. The van der Waals surface area contributed by atoms with E-state index in [0.717, 1.165) is 36.3 Å². The maximum Gasteiger partial charge on any atom is 0.234 e.